The lowest BCUT2D eigenvalue weighted by Crippen LogP contribution is -2.45. The van der Waals surface area contributed by atoms with Gasteiger partial charge in [0.2, 0.25) is 5.91 Å². The highest BCUT2D eigenvalue weighted by Crippen LogP contribution is 2.19. The number of aliphatic hydroxyl groups excluding tert-OH is 2. The van der Waals surface area contributed by atoms with Gasteiger partial charge < -0.3 is 20.3 Å². The summed E-state index contributed by atoms with van der Waals surface area (Å²) >= 11 is 0. The van der Waals surface area contributed by atoms with E-state index >= 15 is 0 Å². The number of ether oxygens (including phenoxy) is 1. The number of nitrogens with one attached hydrogen (secondary N) is 1. The highest BCUT2D eigenvalue weighted by atomic mass is 16.5. The van der Waals surface area contributed by atoms with Gasteiger partial charge in [-0.05, 0) is 57.8 Å². The van der Waals surface area contributed by atoms with Crippen LogP contribution in [0.2, 0.25) is 0 Å². The van der Waals surface area contributed by atoms with E-state index in [2.05, 4.69) is 31.3 Å². The third-order valence-corrected chi connectivity index (χ3v) is 17.0. The number of amides is 1. The molecule has 2 atom stereocenters. The van der Waals surface area contributed by atoms with Crippen molar-refractivity contribution in [2.75, 3.05) is 13.2 Å². The van der Waals surface area contributed by atoms with Gasteiger partial charge in [0.1, 0.15) is 0 Å². The smallest absolute Gasteiger partial charge is 0.305 e. The van der Waals surface area contributed by atoms with Gasteiger partial charge in [-0.15, -0.1) is 0 Å². The molecule has 79 heavy (non-hydrogen) atoms. The van der Waals surface area contributed by atoms with Crippen LogP contribution in [0.1, 0.15) is 406 Å². The number of carbonyl (C=O) groups excluding carboxylic acids is 2. The van der Waals surface area contributed by atoms with Crippen LogP contribution in [0.4, 0.5) is 0 Å². The van der Waals surface area contributed by atoms with E-state index in [1.165, 1.54) is 334 Å². The summed E-state index contributed by atoms with van der Waals surface area (Å²) in [5, 5.41) is 23.2. The minimum atomic E-state index is -0.842. The van der Waals surface area contributed by atoms with Crippen molar-refractivity contribution in [3.05, 3.63) is 24.3 Å². The zero-order valence-electron chi connectivity index (χ0n) is 53.6. The van der Waals surface area contributed by atoms with Crippen molar-refractivity contribution in [3.63, 3.8) is 0 Å². The van der Waals surface area contributed by atoms with E-state index in [4.69, 9.17) is 4.74 Å². The van der Waals surface area contributed by atoms with Crippen LogP contribution in [0.5, 0.6) is 0 Å². The molecule has 6 nitrogen and oxygen atoms in total. The first kappa shape index (κ1) is 77.3. The molecule has 0 aromatic heterocycles. The summed E-state index contributed by atoms with van der Waals surface area (Å²) in [6, 6.07) is -0.625. The van der Waals surface area contributed by atoms with E-state index in [0.717, 1.165) is 44.9 Å². The van der Waals surface area contributed by atoms with Gasteiger partial charge in [0, 0.05) is 12.8 Å². The third-order valence-electron chi connectivity index (χ3n) is 17.0. The second-order valence-electron chi connectivity index (χ2n) is 24.9. The Hall–Kier alpha value is -1.66. The van der Waals surface area contributed by atoms with Crippen LogP contribution >= 0.6 is 0 Å². The SMILES string of the molecule is CCCCCCC/C=C\CCCCCCCC(=O)OCCCCCCCCCCCCCCCCCCCCCCCCCCCCCCCCC(=O)NC(CO)C(O)/C=C/CCCCCCCCCCCCCCCCCC. The summed E-state index contributed by atoms with van der Waals surface area (Å²) in [5.74, 6) is -0.0486. The Morgan fingerprint density at radius 3 is 0.899 bits per heavy atom. The zero-order valence-corrected chi connectivity index (χ0v) is 53.6. The summed E-state index contributed by atoms with van der Waals surface area (Å²) < 4.78 is 5.49. The Labute approximate surface area is 494 Å². The molecule has 0 spiro atoms. The Morgan fingerprint density at radius 2 is 0.595 bits per heavy atom. The first-order valence-corrected chi connectivity index (χ1v) is 36.1. The van der Waals surface area contributed by atoms with Gasteiger partial charge >= 0.3 is 5.97 Å². The molecular weight excluding hydrogens is 971 g/mol. The number of carbonyl (C=O) groups is 2. The Bertz CT molecular complexity index is 1230. The first-order chi connectivity index (χ1) is 39.0. The highest BCUT2D eigenvalue weighted by molar-refractivity contribution is 5.76. The molecular formula is C73H141NO5. The largest absolute Gasteiger partial charge is 0.466 e. The van der Waals surface area contributed by atoms with Crippen LogP contribution in [0.25, 0.3) is 0 Å². The standard InChI is InChI=1S/C73H141NO5/c1-3-5-7-9-11-13-15-17-19-20-35-38-41-45-49-53-57-61-65-71(76)70(69-75)74-72(77)66-62-58-54-50-46-42-39-36-33-31-29-27-25-23-21-22-24-26-28-30-32-34-37-40-44-48-52-56-60-64-68-79-73(78)67-63-59-55-51-47-43-18-16-14-12-10-8-6-4-2/h16,18,61,65,70-71,75-76H,3-15,17,19-60,62-64,66-69H2,1-2H3,(H,74,77)/b18-16-,65-61+. The fourth-order valence-electron chi connectivity index (χ4n) is 11.5. The number of rotatable bonds is 68. The van der Waals surface area contributed by atoms with Crippen molar-refractivity contribution in [1.29, 1.82) is 0 Å². The van der Waals surface area contributed by atoms with Crippen molar-refractivity contribution < 1.29 is 24.5 Å². The third kappa shape index (κ3) is 65.4. The van der Waals surface area contributed by atoms with Gasteiger partial charge in [-0.1, -0.05) is 359 Å². The van der Waals surface area contributed by atoms with Crippen molar-refractivity contribution >= 4 is 11.9 Å². The topological polar surface area (TPSA) is 95.9 Å². The van der Waals surface area contributed by atoms with Crippen LogP contribution in [0, 0.1) is 0 Å². The van der Waals surface area contributed by atoms with E-state index in [1.807, 2.05) is 6.08 Å². The average Bonchev–Trinajstić information content (AvgIpc) is 3.45. The van der Waals surface area contributed by atoms with E-state index in [-0.39, 0.29) is 18.5 Å². The fraction of sp³-hybridized carbons (Fsp3) is 0.918. The van der Waals surface area contributed by atoms with Crippen LogP contribution in [-0.2, 0) is 14.3 Å². The fourth-order valence-corrected chi connectivity index (χ4v) is 11.5. The molecule has 2 unspecified atom stereocenters. The van der Waals surface area contributed by atoms with Crippen molar-refractivity contribution in [2.24, 2.45) is 0 Å². The predicted molar refractivity (Wildman–Crippen MR) is 347 cm³/mol. The molecule has 6 heteroatoms. The summed E-state index contributed by atoms with van der Waals surface area (Å²) in [7, 11) is 0. The minimum Gasteiger partial charge on any atom is -0.466 e. The predicted octanol–water partition coefficient (Wildman–Crippen LogP) is 23.3. The molecule has 0 heterocycles. The number of esters is 1. The number of allylic oxidation sites excluding steroid dienone is 3. The van der Waals surface area contributed by atoms with Crippen molar-refractivity contribution in [1.82, 2.24) is 5.32 Å². The van der Waals surface area contributed by atoms with Gasteiger partial charge in [-0.2, -0.15) is 0 Å². The maximum absolute atomic E-state index is 12.5. The first-order valence-electron chi connectivity index (χ1n) is 36.1. The Kier molecular flexibility index (Phi) is 67.4. The lowest BCUT2D eigenvalue weighted by molar-refractivity contribution is -0.143. The molecule has 0 radical (unpaired) electrons. The molecule has 0 aliphatic carbocycles. The highest BCUT2D eigenvalue weighted by Gasteiger charge is 2.18. The van der Waals surface area contributed by atoms with Crippen LogP contribution in [0.3, 0.4) is 0 Å². The molecule has 0 aromatic rings. The molecule has 0 aliphatic rings. The van der Waals surface area contributed by atoms with Crippen molar-refractivity contribution in [3.8, 4) is 0 Å². The zero-order chi connectivity index (χ0) is 57.1. The summed E-state index contributed by atoms with van der Waals surface area (Å²) in [4.78, 5) is 24.6. The normalized spacial score (nSPS) is 12.6. The Balaban J connectivity index is 3.35. The maximum atomic E-state index is 12.5. The van der Waals surface area contributed by atoms with Gasteiger partial charge in [-0.3, -0.25) is 9.59 Å². The van der Waals surface area contributed by atoms with Crippen LogP contribution < -0.4 is 5.32 Å². The molecule has 0 aliphatic heterocycles. The van der Waals surface area contributed by atoms with E-state index in [9.17, 15) is 19.8 Å². The van der Waals surface area contributed by atoms with E-state index in [1.54, 1.807) is 6.08 Å². The average molecular weight is 1110 g/mol. The van der Waals surface area contributed by atoms with E-state index in [0.29, 0.717) is 19.4 Å². The molecule has 0 aromatic carbocycles. The lowest BCUT2D eigenvalue weighted by Gasteiger charge is -2.20. The van der Waals surface area contributed by atoms with Crippen molar-refractivity contribution in [2.45, 2.75) is 418 Å². The molecule has 0 fully saturated rings. The number of hydrogen-bond donors (Lipinski definition) is 3. The van der Waals surface area contributed by atoms with Gasteiger partial charge in [-0.25, -0.2) is 0 Å². The number of hydrogen-bond acceptors (Lipinski definition) is 5. The second kappa shape index (κ2) is 68.8. The van der Waals surface area contributed by atoms with Crippen LogP contribution in [-0.4, -0.2) is 47.4 Å². The molecule has 1 amide bonds. The summed E-state index contributed by atoms with van der Waals surface area (Å²) in [5.41, 5.74) is 0. The monoisotopic (exact) mass is 1110 g/mol. The molecule has 0 bridgehead atoms. The molecule has 468 valence electrons. The quantitative estimate of drug-likeness (QED) is 0.0320. The van der Waals surface area contributed by atoms with Crippen LogP contribution in [0.15, 0.2) is 24.3 Å². The minimum absolute atomic E-state index is 0.0119. The summed E-state index contributed by atoms with van der Waals surface area (Å²) in [6.07, 6.45) is 87.0. The number of unbranched alkanes of at least 4 members (excludes halogenated alkanes) is 55. The van der Waals surface area contributed by atoms with Gasteiger partial charge in [0.05, 0.1) is 25.4 Å². The number of aliphatic hydroxyl groups is 2. The molecule has 0 saturated carbocycles. The van der Waals surface area contributed by atoms with Gasteiger partial charge in [0.25, 0.3) is 0 Å². The lowest BCUT2D eigenvalue weighted by atomic mass is 10.0. The Morgan fingerprint density at radius 1 is 0.342 bits per heavy atom. The van der Waals surface area contributed by atoms with Gasteiger partial charge in [0.15, 0.2) is 0 Å². The maximum Gasteiger partial charge on any atom is 0.305 e. The molecule has 3 N–H and O–H groups in total. The molecule has 0 rings (SSSR count). The second-order valence-corrected chi connectivity index (χ2v) is 24.9. The van der Waals surface area contributed by atoms with E-state index < -0.39 is 12.1 Å². The summed E-state index contributed by atoms with van der Waals surface area (Å²) in [6.45, 7) is 4.93. The molecule has 0 saturated heterocycles.